The Morgan fingerprint density at radius 2 is 2.38 bits per heavy atom. The second kappa shape index (κ2) is 5.52. The van der Waals surface area contributed by atoms with Gasteiger partial charge in [-0.2, -0.15) is 0 Å². The minimum absolute atomic E-state index is 0.0180. The Kier molecular flexibility index (Phi) is 4.05. The molecule has 0 bridgehead atoms. The summed E-state index contributed by atoms with van der Waals surface area (Å²) in [5.74, 6) is -0.817. The number of ether oxygens (including phenoxy) is 1. The first kappa shape index (κ1) is 11.7. The lowest BCUT2D eigenvalue weighted by Gasteiger charge is -2.04. The van der Waals surface area contributed by atoms with Gasteiger partial charge in [-0.3, -0.25) is 10.1 Å². The molecule has 0 aliphatic rings. The van der Waals surface area contributed by atoms with Gasteiger partial charge in [0.25, 0.3) is 0 Å². The molecule has 0 unspecified atom stereocenters. The van der Waals surface area contributed by atoms with Crippen LogP contribution in [-0.4, -0.2) is 18.1 Å². The fourth-order valence-electron chi connectivity index (χ4n) is 0.996. The standard InChI is InChI=1S/C8H7FN4O3/c9-6-1-2-7(13(14)15)8(5-6)16-4-3-11-12-10/h1-2,5H,3-4H2. The van der Waals surface area contributed by atoms with Gasteiger partial charge in [-0.25, -0.2) is 4.39 Å². The molecule has 0 saturated heterocycles. The second-order valence-electron chi connectivity index (χ2n) is 2.67. The zero-order chi connectivity index (χ0) is 12.0. The molecule has 0 aromatic heterocycles. The lowest BCUT2D eigenvalue weighted by atomic mass is 10.3. The van der Waals surface area contributed by atoms with Crippen LogP contribution in [0.5, 0.6) is 5.75 Å². The maximum absolute atomic E-state index is 12.8. The highest BCUT2D eigenvalue weighted by Crippen LogP contribution is 2.27. The number of nitro benzene ring substituents is 1. The van der Waals surface area contributed by atoms with E-state index in [0.717, 1.165) is 18.2 Å². The summed E-state index contributed by atoms with van der Waals surface area (Å²) in [6.45, 7) is -0.0292. The molecule has 0 fully saturated rings. The van der Waals surface area contributed by atoms with E-state index in [1.165, 1.54) is 0 Å². The Morgan fingerprint density at radius 3 is 3.00 bits per heavy atom. The van der Waals surface area contributed by atoms with Crippen molar-refractivity contribution >= 4 is 5.69 Å². The van der Waals surface area contributed by atoms with Crippen molar-refractivity contribution in [1.82, 2.24) is 0 Å². The number of nitrogens with zero attached hydrogens (tertiary/aromatic N) is 4. The maximum Gasteiger partial charge on any atom is 0.311 e. The Labute approximate surface area is 89.2 Å². The van der Waals surface area contributed by atoms with Crippen LogP contribution >= 0.6 is 0 Å². The Balaban J connectivity index is 2.79. The highest BCUT2D eigenvalue weighted by atomic mass is 19.1. The van der Waals surface area contributed by atoms with Gasteiger partial charge < -0.3 is 4.74 Å². The first-order valence-electron chi connectivity index (χ1n) is 4.22. The third-order valence-electron chi connectivity index (χ3n) is 1.63. The van der Waals surface area contributed by atoms with Crippen molar-refractivity contribution in [3.63, 3.8) is 0 Å². The number of rotatable bonds is 5. The maximum atomic E-state index is 12.8. The molecule has 0 spiro atoms. The monoisotopic (exact) mass is 226 g/mol. The molecule has 16 heavy (non-hydrogen) atoms. The molecule has 0 atom stereocenters. The summed E-state index contributed by atoms with van der Waals surface area (Å²) in [5.41, 5.74) is 7.65. The van der Waals surface area contributed by atoms with E-state index in [1.807, 2.05) is 0 Å². The number of halogens is 1. The van der Waals surface area contributed by atoms with Crippen molar-refractivity contribution in [2.24, 2.45) is 5.11 Å². The van der Waals surface area contributed by atoms with Crippen LogP contribution in [-0.2, 0) is 0 Å². The van der Waals surface area contributed by atoms with Crippen molar-refractivity contribution in [1.29, 1.82) is 0 Å². The highest BCUT2D eigenvalue weighted by Gasteiger charge is 2.15. The summed E-state index contributed by atoms with van der Waals surface area (Å²) < 4.78 is 17.7. The van der Waals surface area contributed by atoms with Crippen molar-refractivity contribution in [3.8, 4) is 5.75 Å². The van der Waals surface area contributed by atoms with E-state index < -0.39 is 10.7 Å². The van der Waals surface area contributed by atoms with E-state index in [9.17, 15) is 14.5 Å². The van der Waals surface area contributed by atoms with E-state index in [0.29, 0.717) is 0 Å². The average molecular weight is 226 g/mol. The number of benzene rings is 1. The third-order valence-corrected chi connectivity index (χ3v) is 1.63. The molecule has 1 aromatic carbocycles. The summed E-state index contributed by atoms with van der Waals surface area (Å²) in [6, 6.07) is 2.89. The molecule has 8 heteroatoms. The van der Waals surface area contributed by atoms with Crippen LogP contribution in [0.1, 0.15) is 0 Å². The van der Waals surface area contributed by atoms with Gasteiger partial charge in [-0.1, -0.05) is 5.11 Å². The lowest BCUT2D eigenvalue weighted by molar-refractivity contribution is -0.385. The van der Waals surface area contributed by atoms with Gasteiger partial charge in [0.2, 0.25) is 0 Å². The number of azide groups is 1. The molecule has 1 aromatic rings. The molecule has 0 heterocycles. The van der Waals surface area contributed by atoms with Gasteiger partial charge in [0.1, 0.15) is 5.82 Å². The largest absolute Gasteiger partial charge is 0.487 e. The van der Waals surface area contributed by atoms with E-state index >= 15 is 0 Å². The first-order chi connectivity index (χ1) is 7.65. The van der Waals surface area contributed by atoms with Gasteiger partial charge in [-0.05, 0) is 11.6 Å². The normalized spacial score (nSPS) is 9.31. The summed E-state index contributed by atoms with van der Waals surface area (Å²) in [6.07, 6.45) is 0. The Morgan fingerprint density at radius 1 is 1.62 bits per heavy atom. The molecule has 0 saturated carbocycles. The zero-order valence-electron chi connectivity index (χ0n) is 8.04. The average Bonchev–Trinajstić information content (AvgIpc) is 2.24. The predicted molar refractivity (Wildman–Crippen MR) is 52.6 cm³/mol. The molecular weight excluding hydrogens is 219 g/mol. The van der Waals surface area contributed by atoms with Crippen LogP contribution in [0.2, 0.25) is 0 Å². The molecule has 0 aliphatic heterocycles. The minimum Gasteiger partial charge on any atom is -0.487 e. The second-order valence-corrected chi connectivity index (χ2v) is 2.67. The molecular formula is C8H7FN4O3. The van der Waals surface area contributed by atoms with Crippen molar-refractivity contribution in [2.45, 2.75) is 0 Å². The quantitative estimate of drug-likeness (QED) is 0.192. The van der Waals surface area contributed by atoms with Crippen LogP contribution in [0.15, 0.2) is 23.3 Å². The fourth-order valence-corrected chi connectivity index (χ4v) is 0.996. The van der Waals surface area contributed by atoms with Crippen LogP contribution in [0.3, 0.4) is 0 Å². The van der Waals surface area contributed by atoms with Gasteiger partial charge in [0.15, 0.2) is 5.75 Å². The van der Waals surface area contributed by atoms with E-state index in [1.54, 1.807) is 0 Å². The van der Waals surface area contributed by atoms with Gasteiger partial charge in [0, 0.05) is 17.0 Å². The molecule has 1 rings (SSSR count). The van der Waals surface area contributed by atoms with Gasteiger partial charge in [0.05, 0.1) is 18.1 Å². The van der Waals surface area contributed by atoms with Crippen molar-refractivity contribution in [2.75, 3.05) is 13.2 Å². The summed E-state index contributed by atoms with van der Waals surface area (Å²) in [4.78, 5) is 12.3. The Bertz CT molecular complexity index is 445. The lowest BCUT2D eigenvalue weighted by Crippen LogP contribution is -2.03. The highest BCUT2D eigenvalue weighted by molar-refractivity contribution is 5.46. The van der Waals surface area contributed by atoms with Crippen LogP contribution < -0.4 is 4.74 Å². The number of nitro groups is 1. The summed E-state index contributed by atoms with van der Waals surface area (Å²) in [5, 5.41) is 13.7. The van der Waals surface area contributed by atoms with Crippen LogP contribution in [0, 0.1) is 15.9 Å². The topological polar surface area (TPSA) is 101 Å². The molecule has 84 valence electrons. The molecule has 7 nitrogen and oxygen atoms in total. The smallest absolute Gasteiger partial charge is 0.311 e. The van der Waals surface area contributed by atoms with Crippen LogP contribution in [0.4, 0.5) is 10.1 Å². The molecule has 0 aliphatic carbocycles. The Hall–Kier alpha value is -2.34. The predicted octanol–water partition coefficient (Wildman–Crippen LogP) is 2.42. The van der Waals surface area contributed by atoms with Crippen molar-refractivity contribution in [3.05, 3.63) is 44.6 Å². The third kappa shape index (κ3) is 3.10. The summed E-state index contributed by atoms with van der Waals surface area (Å²) >= 11 is 0. The van der Waals surface area contributed by atoms with E-state index in [-0.39, 0.29) is 24.6 Å². The molecule has 0 radical (unpaired) electrons. The molecule has 0 N–H and O–H groups in total. The van der Waals surface area contributed by atoms with Gasteiger partial charge >= 0.3 is 5.69 Å². The summed E-state index contributed by atoms with van der Waals surface area (Å²) in [7, 11) is 0. The van der Waals surface area contributed by atoms with Crippen LogP contribution in [0.25, 0.3) is 10.4 Å². The minimum atomic E-state index is -0.678. The number of hydrogen-bond donors (Lipinski definition) is 0. The number of hydrogen-bond acceptors (Lipinski definition) is 4. The first-order valence-corrected chi connectivity index (χ1v) is 4.22. The van der Waals surface area contributed by atoms with E-state index in [4.69, 9.17) is 10.3 Å². The SMILES string of the molecule is [N-]=[N+]=NCCOc1cc(F)ccc1[N+](=O)[O-]. The van der Waals surface area contributed by atoms with Gasteiger partial charge in [-0.15, -0.1) is 0 Å². The zero-order valence-corrected chi connectivity index (χ0v) is 8.04. The molecule has 0 amide bonds. The van der Waals surface area contributed by atoms with Crippen molar-refractivity contribution < 1.29 is 14.1 Å². The fraction of sp³-hybridized carbons (Fsp3) is 0.250. The van der Waals surface area contributed by atoms with E-state index in [2.05, 4.69) is 10.0 Å².